The van der Waals surface area contributed by atoms with Gasteiger partial charge in [0.05, 0.1) is 0 Å². The van der Waals surface area contributed by atoms with Gasteiger partial charge < -0.3 is 58.1 Å². The van der Waals surface area contributed by atoms with Crippen LogP contribution in [0, 0.1) is 0 Å². The molecule has 0 fully saturated rings. The van der Waals surface area contributed by atoms with Crippen LogP contribution in [0.15, 0.2) is 0 Å². The van der Waals surface area contributed by atoms with Gasteiger partial charge in [0.25, 0.3) is 0 Å². The quantitative estimate of drug-likeness (QED) is 0.202. The van der Waals surface area contributed by atoms with Crippen LogP contribution in [-0.4, -0.2) is 99.1 Å². The van der Waals surface area contributed by atoms with Gasteiger partial charge in [0, 0.05) is 28.4 Å². The summed E-state index contributed by atoms with van der Waals surface area (Å²) in [6.07, 6.45) is 0. The minimum absolute atomic E-state index is 0.149. The Kier molecular flexibility index (Phi) is 8.82. The van der Waals surface area contributed by atoms with Crippen LogP contribution in [0.1, 0.15) is 0 Å². The molecule has 0 aromatic carbocycles. The van der Waals surface area contributed by atoms with Gasteiger partial charge in [0.1, 0.15) is 10.5 Å². The minimum atomic E-state index is -4.84. The highest BCUT2D eigenvalue weighted by molar-refractivity contribution is 6.76. The van der Waals surface area contributed by atoms with E-state index in [1.54, 1.807) is 0 Å². The molecule has 0 amide bonds. The molecule has 13 nitrogen and oxygen atoms in total. The fourth-order valence-corrected chi connectivity index (χ4v) is 9.95. The molecule has 134 valence electrons. The van der Waals surface area contributed by atoms with Gasteiger partial charge in [-0.3, -0.25) is 0 Å². The van der Waals surface area contributed by atoms with E-state index in [2.05, 4.69) is 21.8 Å². The first-order valence-electron chi connectivity index (χ1n) is 5.40. The number of rotatable bonds is 11. The van der Waals surface area contributed by atoms with Crippen molar-refractivity contribution in [3.05, 3.63) is 0 Å². The lowest BCUT2D eigenvalue weighted by Crippen LogP contribution is -2.67. The van der Waals surface area contributed by atoms with Crippen molar-refractivity contribution in [2.24, 2.45) is 0 Å². The molecule has 0 aliphatic rings. The summed E-state index contributed by atoms with van der Waals surface area (Å²) in [7, 11) is -14.9. The highest BCUT2D eigenvalue weighted by Crippen LogP contribution is 2.20. The monoisotopic (exact) mass is 416 g/mol. The van der Waals surface area contributed by atoms with Crippen LogP contribution in [-0.2, 0) is 34.2 Å². The Labute approximate surface area is 134 Å². The molecule has 0 bridgehead atoms. The highest BCUT2D eigenvalue weighted by Gasteiger charge is 2.63. The summed E-state index contributed by atoms with van der Waals surface area (Å²) in [6, 6.07) is 0. The van der Waals surface area contributed by atoms with Crippen LogP contribution in [0.4, 0.5) is 0 Å². The maximum absolute atomic E-state index is 10.1. The Balaban J connectivity index is 5.22. The molecule has 0 saturated heterocycles. The van der Waals surface area contributed by atoms with E-state index in [9.17, 15) is 24.0 Å². The Morgan fingerprint density at radius 1 is 0.591 bits per heavy atom. The van der Waals surface area contributed by atoms with Crippen LogP contribution >= 0.6 is 0 Å². The third-order valence-electron chi connectivity index (χ3n) is 2.08. The summed E-state index contributed by atoms with van der Waals surface area (Å²) in [5.41, 5.74) is 0. The molecule has 2 atom stereocenters. The second-order valence-electron chi connectivity index (χ2n) is 3.45. The fourth-order valence-electron chi connectivity index (χ4n) is 0.911. The number of hydrogen-bond acceptors (Lipinski definition) is 13. The van der Waals surface area contributed by atoms with E-state index >= 15 is 0 Å². The van der Waals surface area contributed by atoms with E-state index in [1.165, 1.54) is 0 Å². The normalized spacial score (nSPS) is 19.0. The zero-order valence-electron chi connectivity index (χ0n) is 12.5. The third kappa shape index (κ3) is 6.99. The molecule has 0 spiro atoms. The summed E-state index contributed by atoms with van der Waals surface area (Å²) >= 11 is 0. The van der Waals surface area contributed by atoms with Gasteiger partial charge >= 0.3 is 36.2 Å². The zero-order chi connectivity index (χ0) is 17.7. The maximum atomic E-state index is 10.1. The lowest BCUT2D eigenvalue weighted by Gasteiger charge is -2.33. The second-order valence-corrected chi connectivity index (χ2v) is 13.4. The van der Waals surface area contributed by atoms with Gasteiger partial charge in [0.2, 0.25) is 0 Å². The van der Waals surface area contributed by atoms with Crippen molar-refractivity contribution in [3.63, 3.8) is 0 Å². The van der Waals surface area contributed by atoms with Crippen molar-refractivity contribution in [1.29, 1.82) is 0 Å². The summed E-state index contributed by atoms with van der Waals surface area (Å²) in [4.78, 5) is 48.5. The average Bonchev–Trinajstić information content (AvgIpc) is 2.46. The first-order valence-corrected chi connectivity index (χ1v) is 12.9. The molecular weight excluding hydrogens is 396 g/mol. The zero-order valence-corrected chi connectivity index (χ0v) is 18.5. The Bertz CT molecular complexity index is 340. The molecule has 0 aromatic rings. The van der Waals surface area contributed by atoms with Gasteiger partial charge in [0.15, 0.2) is 0 Å². The SMILES string of the molecule is CO[Si](O)(O)O[Si@](O)(OC)O[Si](O)(O[SiH3])O[Si](O)(OC)OC. The standard InChI is InChI=1S/C4H20O13Si5/c1-10-19(5,6)15-21(8,13-4)17-22(9,14-18)16-20(7,11-2)12-3/h5-9H,1-4,18H3/t21-,22?/m0/s1. The van der Waals surface area contributed by atoms with Crippen LogP contribution in [0.2, 0.25) is 0 Å². The number of hydrogen-bond donors (Lipinski definition) is 5. The van der Waals surface area contributed by atoms with Crippen molar-refractivity contribution in [3.8, 4) is 0 Å². The van der Waals surface area contributed by atoms with E-state index < -0.39 is 36.2 Å². The summed E-state index contributed by atoms with van der Waals surface area (Å²) < 4.78 is 36.6. The molecule has 0 aliphatic heterocycles. The summed E-state index contributed by atoms with van der Waals surface area (Å²) in [5.74, 6) is 0. The largest absolute Gasteiger partial charge is 0.670 e. The van der Waals surface area contributed by atoms with Gasteiger partial charge in [-0.05, 0) is 0 Å². The van der Waals surface area contributed by atoms with Crippen LogP contribution in [0.3, 0.4) is 0 Å². The Hall–Kier alpha value is 0.564. The van der Waals surface area contributed by atoms with Crippen molar-refractivity contribution in [1.82, 2.24) is 0 Å². The lowest BCUT2D eigenvalue weighted by molar-refractivity contribution is -0.0231. The topological polar surface area (TPSA) is 175 Å². The third-order valence-corrected chi connectivity index (χ3v) is 12.4. The summed E-state index contributed by atoms with van der Waals surface area (Å²) in [6.45, 7) is 0. The first-order chi connectivity index (χ1) is 9.92. The van der Waals surface area contributed by atoms with Crippen LogP contribution in [0.5, 0.6) is 0 Å². The molecule has 0 rings (SSSR count). The van der Waals surface area contributed by atoms with E-state index in [-0.39, 0.29) is 10.5 Å². The van der Waals surface area contributed by atoms with Crippen molar-refractivity contribution < 1.29 is 58.1 Å². The molecule has 0 heterocycles. The van der Waals surface area contributed by atoms with E-state index in [0.29, 0.717) is 0 Å². The van der Waals surface area contributed by atoms with E-state index in [4.69, 9.17) is 12.3 Å². The fraction of sp³-hybridized carbons (Fsp3) is 1.00. The highest BCUT2D eigenvalue weighted by atomic mass is 28.5. The van der Waals surface area contributed by atoms with Crippen molar-refractivity contribution >= 4 is 46.7 Å². The van der Waals surface area contributed by atoms with E-state index in [0.717, 1.165) is 28.4 Å². The predicted octanol–water partition coefficient (Wildman–Crippen LogP) is -5.38. The predicted molar refractivity (Wildman–Crippen MR) is 76.4 cm³/mol. The van der Waals surface area contributed by atoms with Gasteiger partial charge in [-0.2, -0.15) is 0 Å². The summed E-state index contributed by atoms with van der Waals surface area (Å²) in [5, 5.41) is 0. The Morgan fingerprint density at radius 3 is 1.32 bits per heavy atom. The maximum Gasteiger partial charge on any atom is 0.670 e. The van der Waals surface area contributed by atoms with Crippen LogP contribution in [0.25, 0.3) is 0 Å². The smallest absolute Gasteiger partial charge is 0.404 e. The molecule has 0 saturated carbocycles. The second kappa shape index (κ2) is 8.60. The lowest BCUT2D eigenvalue weighted by atomic mass is 11.8. The molecule has 1 unspecified atom stereocenters. The Morgan fingerprint density at radius 2 is 1.00 bits per heavy atom. The molecular formula is C4H20O13Si5. The van der Waals surface area contributed by atoms with E-state index in [1.807, 2.05) is 0 Å². The molecule has 18 heteroatoms. The van der Waals surface area contributed by atoms with Gasteiger partial charge in [-0.25, -0.2) is 0 Å². The molecule has 0 aromatic heterocycles. The van der Waals surface area contributed by atoms with Gasteiger partial charge in [-0.1, -0.05) is 0 Å². The van der Waals surface area contributed by atoms with Crippen molar-refractivity contribution in [2.45, 2.75) is 0 Å². The molecule has 0 radical (unpaired) electrons. The molecule has 22 heavy (non-hydrogen) atoms. The van der Waals surface area contributed by atoms with Crippen LogP contribution < -0.4 is 0 Å². The molecule has 5 N–H and O–H groups in total. The first kappa shape index (κ1) is 22.6. The van der Waals surface area contributed by atoms with Gasteiger partial charge in [-0.15, -0.1) is 0 Å². The van der Waals surface area contributed by atoms with Crippen molar-refractivity contribution in [2.75, 3.05) is 28.4 Å². The minimum Gasteiger partial charge on any atom is -0.404 e. The average molecular weight is 417 g/mol. The molecule has 0 aliphatic carbocycles.